The Morgan fingerprint density at radius 2 is 1.56 bits per heavy atom. The molecule has 25 heavy (non-hydrogen) atoms. The molecule has 0 N–H and O–H groups in total. The first-order chi connectivity index (χ1) is 11.8. The zero-order valence-electron chi connectivity index (χ0n) is 13.3. The number of sulfonamides is 1. The number of hydrogen-bond donors (Lipinski definition) is 0. The molecule has 0 saturated heterocycles. The van der Waals surface area contributed by atoms with Crippen LogP contribution in [0.5, 0.6) is 0 Å². The van der Waals surface area contributed by atoms with Crippen molar-refractivity contribution in [3.05, 3.63) is 53.3 Å². The number of hydrogen-bond acceptors (Lipinski definition) is 5. The molecule has 0 aliphatic rings. The molecule has 1 aromatic heterocycles. The molecule has 9 heteroatoms. The van der Waals surface area contributed by atoms with E-state index in [2.05, 4.69) is 10.2 Å². The van der Waals surface area contributed by atoms with Crippen LogP contribution in [0.4, 0.5) is 4.39 Å². The summed E-state index contributed by atoms with van der Waals surface area (Å²) in [6, 6.07) is 9.99. The molecule has 0 saturated carbocycles. The minimum Gasteiger partial charge on any atom is -0.416 e. The maximum atomic E-state index is 13.0. The minimum atomic E-state index is -3.72. The highest BCUT2D eigenvalue weighted by Crippen LogP contribution is 2.30. The Morgan fingerprint density at radius 1 is 1.00 bits per heavy atom. The first-order valence-electron chi connectivity index (χ1n) is 7.11. The SMILES string of the molecule is CN(C)S(=O)(=O)c1cc(-c2nnc(-c3ccc(F)cc3)o2)ccc1Cl. The van der Waals surface area contributed by atoms with Crippen LogP contribution in [0.15, 0.2) is 51.8 Å². The average Bonchev–Trinajstić information content (AvgIpc) is 3.05. The van der Waals surface area contributed by atoms with Crippen LogP contribution in [0.25, 0.3) is 22.9 Å². The zero-order valence-corrected chi connectivity index (χ0v) is 14.8. The second-order valence-electron chi connectivity index (χ2n) is 5.35. The largest absolute Gasteiger partial charge is 0.416 e. The summed E-state index contributed by atoms with van der Waals surface area (Å²) in [6.07, 6.45) is 0. The van der Waals surface area contributed by atoms with E-state index >= 15 is 0 Å². The van der Waals surface area contributed by atoms with Gasteiger partial charge in [0.25, 0.3) is 0 Å². The number of nitrogens with zero attached hydrogens (tertiary/aromatic N) is 3. The highest BCUT2D eigenvalue weighted by Gasteiger charge is 2.22. The maximum absolute atomic E-state index is 13.0. The fraction of sp³-hybridized carbons (Fsp3) is 0.125. The first kappa shape index (κ1) is 17.5. The van der Waals surface area contributed by atoms with Crippen LogP contribution in [-0.2, 0) is 10.0 Å². The van der Waals surface area contributed by atoms with Crippen LogP contribution < -0.4 is 0 Å². The average molecular weight is 382 g/mol. The van der Waals surface area contributed by atoms with Crippen molar-refractivity contribution >= 4 is 21.6 Å². The Balaban J connectivity index is 2.02. The molecule has 0 amide bonds. The summed E-state index contributed by atoms with van der Waals surface area (Å²) in [5.41, 5.74) is 0.959. The summed E-state index contributed by atoms with van der Waals surface area (Å²) in [7, 11) is -0.890. The smallest absolute Gasteiger partial charge is 0.248 e. The van der Waals surface area contributed by atoms with Gasteiger partial charge >= 0.3 is 0 Å². The van der Waals surface area contributed by atoms with Crippen LogP contribution in [0, 0.1) is 5.82 Å². The minimum absolute atomic E-state index is 0.0572. The molecule has 0 aliphatic heterocycles. The molecule has 0 unspecified atom stereocenters. The molecule has 0 bridgehead atoms. The van der Waals surface area contributed by atoms with Crippen molar-refractivity contribution in [2.45, 2.75) is 4.90 Å². The standard InChI is InChI=1S/C16H13ClFN3O3S/c1-21(2)25(22,23)14-9-11(5-8-13(14)17)16-20-19-15(24-16)10-3-6-12(18)7-4-10/h3-9H,1-2H3. The number of benzene rings is 2. The van der Waals surface area contributed by atoms with E-state index in [1.807, 2.05) is 0 Å². The summed E-state index contributed by atoms with van der Waals surface area (Å²) in [5, 5.41) is 7.92. The third-order valence-electron chi connectivity index (χ3n) is 3.45. The molecule has 2 aromatic carbocycles. The molecule has 0 spiro atoms. The van der Waals surface area contributed by atoms with E-state index in [0.717, 1.165) is 4.31 Å². The van der Waals surface area contributed by atoms with Crippen molar-refractivity contribution in [2.75, 3.05) is 14.1 Å². The normalized spacial score (nSPS) is 11.9. The predicted octanol–water partition coefficient (Wildman–Crippen LogP) is 3.45. The van der Waals surface area contributed by atoms with E-state index in [1.54, 1.807) is 6.07 Å². The molecule has 0 atom stereocenters. The number of rotatable bonds is 4. The van der Waals surface area contributed by atoms with Gasteiger partial charge in [-0.3, -0.25) is 0 Å². The Kier molecular flexibility index (Phi) is 4.59. The van der Waals surface area contributed by atoms with Crippen LogP contribution >= 0.6 is 11.6 Å². The second kappa shape index (κ2) is 6.55. The topological polar surface area (TPSA) is 76.3 Å². The molecule has 3 aromatic rings. The fourth-order valence-electron chi connectivity index (χ4n) is 2.08. The predicted molar refractivity (Wildman–Crippen MR) is 91.0 cm³/mol. The molecular formula is C16H13ClFN3O3S. The molecule has 0 radical (unpaired) electrons. The van der Waals surface area contributed by atoms with Gasteiger partial charge in [-0.25, -0.2) is 17.1 Å². The van der Waals surface area contributed by atoms with Gasteiger partial charge in [0.15, 0.2) is 0 Å². The van der Waals surface area contributed by atoms with E-state index in [-0.39, 0.29) is 27.5 Å². The summed E-state index contributed by atoms with van der Waals surface area (Å²) >= 11 is 6.02. The number of halogens is 2. The Labute approximate surface area is 148 Å². The second-order valence-corrected chi connectivity index (χ2v) is 7.88. The van der Waals surface area contributed by atoms with E-state index in [4.69, 9.17) is 16.0 Å². The van der Waals surface area contributed by atoms with Gasteiger partial charge in [-0.2, -0.15) is 0 Å². The molecular weight excluding hydrogens is 369 g/mol. The van der Waals surface area contributed by atoms with Crippen molar-refractivity contribution in [3.8, 4) is 22.9 Å². The van der Waals surface area contributed by atoms with Crippen molar-refractivity contribution < 1.29 is 17.2 Å². The molecule has 0 fully saturated rings. The number of aromatic nitrogens is 2. The van der Waals surface area contributed by atoms with Crippen molar-refractivity contribution in [3.63, 3.8) is 0 Å². The van der Waals surface area contributed by atoms with Gasteiger partial charge in [-0.1, -0.05) is 11.6 Å². The maximum Gasteiger partial charge on any atom is 0.248 e. The lowest BCUT2D eigenvalue weighted by Crippen LogP contribution is -2.22. The zero-order chi connectivity index (χ0) is 18.2. The van der Waals surface area contributed by atoms with Crippen LogP contribution in [-0.4, -0.2) is 37.0 Å². The van der Waals surface area contributed by atoms with E-state index in [1.165, 1.54) is 50.5 Å². The lowest BCUT2D eigenvalue weighted by molar-refractivity contribution is 0.521. The lowest BCUT2D eigenvalue weighted by atomic mass is 10.2. The highest BCUT2D eigenvalue weighted by molar-refractivity contribution is 7.89. The fourth-order valence-corrected chi connectivity index (χ4v) is 3.47. The highest BCUT2D eigenvalue weighted by atomic mass is 35.5. The van der Waals surface area contributed by atoms with Crippen molar-refractivity contribution in [1.29, 1.82) is 0 Å². The molecule has 130 valence electrons. The lowest BCUT2D eigenvalue weighted by Gasteiger charge is -2.13. The molecule has 0 aliphatic carbocycles. The third-order valence-corrected chi connectivity index (χ3v) is 5.75. The van der Waals surface area contributed by atoms with Crippen molar-refractivity contribution in [2.24, 2.45) is 0 Å². The van der Waals surface area contributed by atoms with Gasteiger partial charge in [0.1, 0.15) is 10.7 Å². The Hall–Kier alpha value is -2.29. The van der Waals surface area contributed by atoms with E-state index in [0.29, 0.717) is 11.1 Å². The summed E-state index contributed by atoms with van der Waals surface area (Å²) in [5.74, 6) is -0.0483. The summed E-state index contributed by atoms with van der Waals surface area (Å²) in [6.45, 7) is 0. The molecule has 1 heterocycles. The van der Waals surface area contributed by atoms with E-state index < -0.39 is 10.0 Å². The van der Waals surface area contributed by atoms with Gasteiger partial charge < -0.3 is 4.42 Å². The van der Waals surface area contributed by atoms with Gasteiger partial charge in [-0.05, 0) is 42.5 Å². The van der Waals surface area contributed by atoms with Crippen LogP contribution in [0.2, 0.25) is 5.02 Å². The Bertz CT molecular complexity index is 1020. The van der Waals surface area contributed by atoms with Gasteiger partial charge in [-0.15, -0.1) is 10.2 Å². The Morgan fingerprint density at radius 3 is 2.16 bits per heavy atom. The summed E-state index contributed by atoms with van der Waals surface area (Å²) < 4.78 is 44.3. The van der Waals surface area contributed by atoms with Gasteiger partial charge in [0.05, 0.1) is 5.02 Å². The van der Waals surface area contributed by atoms with Crippen molar-refractivity contribution in [1.82, 2.24) is 14.5 Å². The van der Waals surface area contributed by atoms with E-state index in [9.17, 15) is 12.8 Å². The summed E-state index contributed by atoms with van der Waals surface area (Å²) in [4.78, 5) is -0.0572. The molecule has 6 nitrogen and oxygen atoms in total. The van der Waals surface area contributed by atoms with Gasteiger partial charge in [0, 0.05) is 25.2 Å². The third kappa shape index (κ3) is 3.41. The molecule has 3 rings (SSSR count). The van der Waals surface area contributed by atoms with Crippen LogP contribution in [0.3, 0.4) is 0 Å². The quantitative estimate of drug-likeness (QED) is 0.691. The van der Waals surface area contributed by atoms with Crippen LogP contribution in [0.1, 0.15) is 0 Å². The monoisotopic (exact) mass is 381 g/mol. The first-order valence-corrected chi connectivity index (χ1v) is 8.93. The van der Waals surface area contributed by atoms with Gasteiger partial charge in [0.2, 0.25) is 21.8 Å².